The molecule has 1 aliphatic rings. The molecule has 0 spiro atoms. The van der Waals surface area contributed by atoms with Crippen molar-refractivity contribution >= 4 is 44.8 Å². The molecule has 3 rings (SSSR count). The lowest BCUT2D eigenvalue weighted by Crippen LogP contribution is -2.41. The van der Waals surface area contributed by atoms with E-state index in [2.05, 4.69) is 31.9 Å². The van der Waals surface area contributed by atoms with Crippen LogP contribution in [0.1, 0.15) is 12.0 Å². The van der Waals surface area contributed by atoms with E-state index in [1.807, 2.05) is 49.4 Å². The number of hydrogen-bond acceptors (Lipinski definition) is 3. The highest BCUT2D eigenvalue weighted by molar-refractivity contribution is 9.10. The maximum Gasteiger partial charge on any atom is 0.247 e. The Morgan fingerprint density at radius 1 is 1.22 bits per heavy atom. The van der Waals surface area contributed by atoms with Gasteiger partial charge in [0.2, 0.25) is 11.8 Å². The summed E-state index contributed by atoms with van der Waals surface area (Å²) in [7, 11) is 0. The molecule has 1 atom stereocenters. The number of fused-ring (bicyclic) bond motifs is 1. The normalized spacial score (nSPS) is 16.1. The topological polar surface area (TPSA) is 70.2 Å². The van der Waals surface area contributed by atoms with Gasteiger partial charge in [-0.15, -0.1) is 0 Å². The Hall–Kier alpha value is -2.34. The Labute approximate surface area is 142 Å². The number of hydrogen-bond donors (Lipinski definition) is 3. The van der Waals surface area contributed by atoms with E-state index in [1.54, 1.807) is 0 Å². The van der Waals surface area contributed by atoms with Crippen molar-refractivity contribution in [1.29, 1.82) is 0 Å². The molecule has 2 amide bonds. The van der Waals surface area contributed by atoms with Crippen LogP contribution in [0.4, 0.5) is 17.1 Å². The first-order chi connectivity index (χ1) is 11.0. The van der Waals surface area contributed by atoms with E-state index in [1.165, 1.54) is 0 Å². The molecule has 0 unspecified atom stereocenters. The van der Waals surface area contributed by atoms with E-state index >= 15 is 0 Å². The minimum absolute atomic E-state index is 0.0560. The molecule has 2 aromatic rings. The quantitative estimate of drug-likeness (QED) is 0.770. The summed E-state index contributed by atoms with van der Waals surface area (Å²) in [5.41, 5.74) is 3.34. The Kier molecular flexibility index (Phi) is 4.34. The van der Waals surface area contributed by atoms with E-state index in [0.717, 1.165) is 21.4 Å². The number of para-hydroxylation sites is 2. The van der Waals surface area contributed by atoms with E-state index < -0.39 is 6.04 Å². The van der Waals surface area contributed by atoms with Crippen LogP contribution in [-0.2, 0) is 9.59 Å². The Morgan fingerprint density at radius 2 is 1.96 bits per heavy atom. The molecule has 1 aliphatic heterocycles. The van der Waals surface area contributed by atoms with Crippen LogP contribution in [0.3, 0.4) is 0 Å². The third kappa shape index (κ3) is 3.53. The van der Waals surface area contributed by atoms with Crippen molar-refractivity contribution in [3.8, 4) is 0 Å². The summed E-state index contributed by atoms with van der Waals surface area (Å²) in [6.07, 6.45) is 0.0560. The molecule has 1 heterocycles. The summed E-state index contributed by atoms with van der Waals surface area (Å²) < 4.78 is 0.817. The van der Waals surface area contributed by atoms with Crippen molar-refractivity contribution in [2.75, 3.05) is 16.0 Å². The van der Waals surface area contributed by atoms with Crippen LogP contribution >= 0.6 is 15.9 Å². The van der Waals surface area contributed by atoms with Crippen LogP contribution in [-0.4, -0.2) is 17.9 Å². The standard InChI is InChI=1S/C17H16BrN3O2/c1-10-6-7-12(11(18)8-10)20-16(22)9-15-17(23)21-14-5-3-2-4-13(14)19-15/h2-8,15,19H,9H2,1H3,(H,20,22)(H,21,23)/t15-/m0/s1. The number of benzene rings is 2. The van der Waals surface area contributed by atoms with Gasteiger partial charge in [0.25, 0.3) is 0 Å². The second-order valence-corrected chi connectivity index (χ2v) is 6.32. The first-order valence-corrected chi connectivity index (χ1v) is 8.04. The van der Waals surface area contributed by atoms with E-state index in [0.29, 0.717) is 5.69 Å². The summed E-state index contributed by atoms with van der Waals surface area (Å²) in [6.45, 7) is 1.98. The number of anilines is 3. The van der Waals surface area contributed by atoms with Crippen molar-refractivity contribution in [2.45, 2.75) is 19.4 Å². The number of nitrogens with one attached hydrogen (secondary N) is 3. The molecule has 23 heavy (non-hydrogen) atoms. The lowest BCUT2D eigenvalue weighted by Gasteiger charge is -2.26. The third-order valence-electron chi connectivity index (χ3n) is 3.62. The Balaban J connectivity index is 1.67. The highest BCUT2D eigenvalue weighted by Crippen LogP contribution is 2.27. The van der Waals surface area contributed by atoms with Crippen molar-refractivity contribution in [1.82, 2.24) is 0 Å². The van der Waals surface area contributed by atoms with Crippen molar-refractivity contribution in [3.63, 3.8) is 0 Å². The summed E-state index contributed by atoms with van der Waals surface area (Å²) in [4.78, 5) is 24.3. The SMILES string of the molecule is Cc1ccc(NC(=O)C[C@@H]2Nc3ccccc3NC2=O)c(Br)c1. The second kappa shape index (κ2) is 6.42. The molecule has 0 bridgehead atoms. The molecule has 2 aromatic carbocycles. The highest BCUT2D eigenvalue weighted by atomic mass is 79.9. The zero-order valence-corrected chi connectivity index (χ0v) is 14.1. The lowest BCUT2D eigenvalue weighted by molar-refractivity contribution is -0.122. The van der Waals surface area contributed by atoms with Gasteiger partial charge < -0.3 is 16.0 Å². The molecule has 118 valence electrons. The molecule has 0 radical (unpaired) electrons. The second-order valence-electron chi connectivity index (χ2n) is 5.47. The average Bonchev–Trinajstić information content (AvgIpc) is 2.51. The van der Waals surface area contributed by atoms with Crippen LogP contribution in [0.15, 0.2) is 46.9 Å². The van der Waals surface area contributed by atoms with Crippen LogP contribution in [0.5, 0.6) is 0 Å². The monoisotopic (exact) mass is 373 g/mol. The van der Waals surface area contributed by atoms with Crippen LogP contribution in [0, 0.1) is 6.92 Å². The fourth-order valence-electron chi connectivity index (χ4n) is 2.44. The molecule has 0 saturated heterocycles. The van der Waals surface area contributed by atoms with E-state index in [-0.39, 0.29) is 18.2 Å². The number of aryl methyl sites for hydroxylation is 1. The van der Waals surface area contributed by atoms with Gasteiger partial charge in [0.1, 0.15) is 6.04 Å². The number of carbonyl (C=O) groups is 2. The molecule has 3 N–H and O–H groups in total. The van der Waals surface area contributed by atoms with Gasteiger partial charge in [0.15, 0.2) is 0 Å². The molecule has 5 nitrogen and oxygen atoms in total. The third-order valence-corrected chi connectivity index (χ3v) is 4.28. The fourth-order valence-corrected chi connectivity index (χ4v) is 3.04. The summed E-state index contributed by atoms with van der Waals surface area (Å²) in [5, 5.41) is 8.73. The molecular weight excluding hydrogens is 358 g/mol. The number of rotatable bonds is 3. The first kappa shape index (κ1) is 15.6. The first-order valence-electron chi connectivity index (χ1n) is 7.25. The zero-order valence-electron chi connectivity index (χ0n) is 12.5. The van der Waals surface area contributed by atoms with E-state index in [4.69, 9.17) is 0 Å². The molecule has 0 fully saturated rings. The van der Waals surface area contributed by atoms with Crippen LogP contribution in [0.25, 0.3) is 0 Å². The van der Waals surface area contributed by atoms with Gasteiger partial charge >= 0.3 is 0 Å². The van der Waals surface area contributed by atoms with Gasteiger partial charge in [-0.2, -0.15) is 0 Å². The van der Waals surface area contributed by atoms with Crippen LogP contribution in [0.2, 0.25) is 0 Å². The number of amides is 2. The van der Waals surface area contributed by atoms with Crippen molar-refractivity contribution in [2.24, 2.45) is 0 Å². The van der Waals surface area contributed by atoms with Gasteiger partial charge in [-0.3, -0.25) is 9.59 Å². The van der Waals surface area contributed by atoms with Crippen LogP contribution < -0.4 is 16.0 Å². The highest BCUT2D eigenvalue weighted by Gasteiger charge is 2.27. The zero-order chi connectivity index (χ0) is 16.4. The predicted molar refractivity (Wildman–Crippen MR) is 94.6 cm³/mol. The van der Waals surface area contributed by atoms with E-state index in [9.17, 15) is 9.59 Å². The maximum atomic E-state index is 12.2. The van der Waals surface area contributed by atoms with Gasteiger partial charge in [0.05, 0.1) is 23.5 Å². The average molecular weight is 374 g/mol. The minimum atomic E-state index is -0.589. The summed E-state index contributed by atoms with van der Waals surface area (Å²) in [6, 6.07) is 12.5. The molecule has 0 aromatic heterocycles. The summed E-state index contributed by atoms with van der Waals surface area (Å²) in [5.74, 6) is -0.427. The van der Waals surface area contributed by atoms with Gasteiger partial charge in [-0.1, -0.05) is 18.2 Å². The number of halogens is 1. The minimum Gasteiger partial charge on any atom is -0.372 e. The molecule has 6 heteroatoms. The van der Waals surface area contributed by atoms with Gasteiger partial charge in [0, 0.05) is 4.47 Å². The molecule has 0 saturated carbocycles. The number of carbonyl (C=O) groups excluding carboxylic acids is 2. The van der Waals surface area contributed by atoms with Crippen molar-refractivity contribution in [3.05, 3.63) is 52.5 Å². The lowest BCUT2D eigenvalue weighted by atomic mass is 10.1. The molecular formula is C17H16BrN3O2. The fraction of sp³-hybridized carbons (Fsp3) is 0.176. The van der Waals surface area contributed by atoms with Crippen molar-refractivity contribution < 1.29 is 9.59 Å². The van der Waals surface area contributed by atoms with Gasteiger partial charge in [-0.25, -0.2) is 0 Å². The summed E-state index contributed by atoms with van der Waals surface area (Å²) >= 11 is 3.42. The largest absolute Gasteiger partial charge is 0.372 e. The molecule has 0 aliphatic carbocycles. The smallest absolute Gasteiger partial charge is 0.247 e. The maximum absolute atomic E-state index is 12.2. The van der Waals surface area contributed by atoms with Gasteiger partial charge in [-0.05, 0) is 52.7 Å². The Morgan fingerprint density at radius 3 is 2.70 bits per heavy atom. The Bertz CT molecular complexity index is 776. The predicted octanol–water partition coefficient (Wildman–Crippen LogP) is 3.52.